The molecule has 0 atom stereocenters. The Labute approximate surface area is 152 Å². The Balaban J connectivity index is 2.37. The molecule has 0 aliphatic carbocycles. The third-order valence-electron chi connectivity index (χ3n) is 3.96. The Hall–Kier alpha value is -1.63. The number of aliphatic imine (C=N–C) groups is 1. The van der Waals surface area contributed by atoms with Gasteiger partial charge < -0.3 is 15.2 Å². The minimum absolute atomic E-state index is 0.135. The van der Waals surface area contributed by atoms with Gasteiger partial charge in [0, 0.05) is 37.6 Å². The third kappa shape index (κ3) is 7.42. The van der Waals surface area contributed by atoms with E-state index in [1.54, 1.807) is 7.05 Å². The van der Waals surface area contributed by atoms with Gasteiger partial charge in [0.2, 0.25) is 5.89 Å². The van der Waals surface area contributed by atoms with Crippen LogP contribution in [0.2, 0.25) is 0 Å². The molecule has 1 aromatic heterocycles. The zero-order chi connectivity index (χ0) is 19.0. The van der Waals surface area contributed by atoms with Crippen molar-refractivity contribution in [2.24, 2.45) is 4.99 Å². The van der Waals surface area contributed by atoms with Gasteiger partial charge in [-0.15, -0.1) is 0 Å². The van der Waals surface area contributed by atoms with Gasteiger partial charge in [0.05, 0.1) is 6.54 Å². The third-order valence-corrected chi connectivity index (χ3v) is 3.96. The van der Waals surface area contributed by atoms with Gasteiger partial charge in [0.25, 0.3) is 0 Å². The van der Waals surface area contributed by atoms with Crippen LogP contribution in [0.25, 0.3) is 0 Å². The van der Waals surface area contributed by atoms with E-state index in [0.717, 1.165) is 25.5 Å². The molecule has 0 spiro atoms. The molecule has 0 radical (unpaired) electrons. The summed E-state index contributed by atoms with van der Waals surface area (Å²) in [4.78, 5) is 11.1. The van der Waals surface area contributed by atoms with Gasteiger partial charge in [-0.2, -0.15) is 4.98 Å². The van der Waals surface area contributed by atoms with E-state index in [2.05, 4.69) is 79.1 Å². The Kier molecular flexibility index (Phi) is 8.35. The molecule has 0 aliphatic heterocycles. The van der Waals surface area contributed by atoms with Crippen LogP contribution in [-0.4, -0.2) is 53.2 Å². The Morgan fingerprint density at radius 3 is 2.28 bits per heavy atom. The molecular formula is C18H36N6O. The van der Waals surface area contributed by atoms with Crippen molar-refractivity contribution >= 4 is 5.96 Å². The van der Waals surface area contributed by atoms with Crippen molar-refractivity contribution in [1.29, 1.82) is 0 Å². The Morgan fingerprint density at radius 1 is 1.16 bits per heavy atom. The van der Waals surface area contributed by atoms with Gasteiger partial charge in [0.1, 0.15) is 0 Å². The Morgan fingerprint density at radius 2 is 1.80 bits per heavy atom. The number of hydrogen-bond acceptors (Lipinski definition) is 5. The summed E-state index contributed by atoms with van der Waals surface area (Å²) in [6.07, 6.45) is 1.06. The molecule has 0 saturated heterocycles. The molecule has 0 amide bonds. The standard InChI is InChI=1S/C18H36N6O/c1-13(2)24(14(3)4)11-9-10-20-17(19-8)21-12-15-22-16(25-23-15)18(5,6)7/h13-14H,9-12H2,1-8H3,(H2,19,20,21). The molecule has 0 aliphatic rings. The van der Waals surface area contributed by atoms with E-state index in [0.29, 0.717) is 30.3 Å². The molecule has 0 aromatic carbocycles. The van der Waals surface area contributed by atoms with Crippen LogP contribution in [0, 0.1) is 0 Å². The van der Waals surface area contributed by atoms with Crippen LogP contribution in [0.4, 0.5) is 0 Å². The molecule has 1 rings (SSSR count). The second-order valence-corrected chi connectivity index (χ2v) is 7.90. The first-order valence-corrected chi connectivity index (χ1v) is 9.18. The second kappa shape index (κ2) is 9.75. The SMILES string of the molecule is CN=C(NCCCN(C(C)C)C(C)C)NCc1noc(C(C)(C)C)n1. The monoisotopic (exact) mass is 352 g/mol. The van der Waals surface area contributed by atoms with Crippen molar-refractivity contribution in [3.05, 3.63) is 11.7 Å². The highest BCUT2D eigenvalue weighted by atomic mass is 16.5. The molecule has 0 unspecified atom stereocenters. The van der Waals surface area contributed by atoms with Crippen LogP contribution in [0.1, 0.15) is 66.6 Å². The predicted molar refractivity (Wildman–Crippen MR) is 103 cm³/mol. The van der Waals surface area contributed by atoms with Crippen LogP contribution >= 0.6 is 0 Å². The average Bonchev–Trinajstić information content (AvgIpc) is 2.98. The molecule has 25 heavy (non-hydrogen) atoms. The van der Waals surface area contributed by atoms with Gasteiger partial charge in [-0.3, -0.25) is 9.89 Å². The molecule has 0 saturated carbocycles. The Bertz CT molecular complexity index is 522. The number of aromatic nitrogens is 2. The molecule has 7 heteroatoms. The van der Waals surface area contributed by atoms with Crippen molar-refractivity contribution in [1.82, 2.24) is 25.7 Å². The van der Waals surface area contributed by atoms with E-state index >= 15 is 0 Å². The molecule has 1 heterocycles. The number of nitrogens with zero attached hydrogens (tertiary/aromatic N) is 4. The summed E-state index contributed by atoms with van der Waals surface area (Å²) >= 11 is 0. The van der Waals surface area contributed by atoms with Crippen LogP contribution < -0.4 is 10.6 Å². The van der Waals surface area contributed by atoms with Crippen molar-refractivity contribution in [3.63, 3.8) is 0 Å². The number of guanidine groups is 1. The van der Waals surface area contributed by atoms with Gasteiger partial charge in [-0.1, -0.05) is 25.9 Å². The topological polar surface area (TPSA) is 78.6 Å². The first kappa shape index (κ1) is 21.4. The number of nitrogens with one attached hydrogen (secondary N) is 2. The summed E-state index contributed by atoms with van der Waals surface area (Å²) in [5.74, 6) is 2.04. The van der Waals surface area contributed by atoms with Gasteiger partial charge >= 0.3 is 0 Å². The highest BCUT2D eigenvalue weighted by Gasteiger charge is 2.21. The van der Waals surface area contributed by atoms with Gasteiger partial charge in [0.15, 0.2) is 11.8 Å². The van der Waals surface area contributed by atoms with Crippen LogP contribution in [0.5, 0.6) is 0 Å². The fraction of sp³-hybridized carbons (Fsp3) is 0.833. The number of rotatable bonds is 8. The lowest BCUT2D eigenvalue weighted by Crippen LogP contribution is -2.41. The summed E-state index contributed by atoms with van der Waals surface area (Å²) < 4.78 is 5.30. The molecule has 0 fully saturated rings. The lowest BCUT2D eigenvalue weighted by Gasteiger charge is -2.30. The summed E-state index contributed by atoms with van der Waals surface area (Å²) in [6, 6.07) is 1.13. The van der Waals surface area contributed by atoms with E-state index in [4.69, 9.17) is 4.52 Å². The first-order chi connectivity index (χ1) is 11.6. The molecule has 7 nitrogen and oxygen atoms in total. The van der Waals surface area contributed by atoms with Crippen LogP contribution in [0.15, 0.2) is 9.52 Å². The van der Waals surface area contributed by atoms with E-state index in [9.17, 15) is 0 Å². The van der Waals surface area contributed by atoms with E-state index < -0.39 is 0 Å². The maximum absolute atomic E-state index is 5.30. The highest BCUT2D eigenvalue weighted by Crippen LogP contribution is 2.19. The average molecular weight is 353 g/mol. The van der Waals surface area contributed by atoms with Crippen LogP contribution in [0.3, 0.4) is 0 Å². The number of hydrogen-bond donors (Lipinski definition) is 2. The highest BCUT2D eigenvalue weighted by molar-refractivity contribution is 5.79. The summed E-state index contributed by atoms with van der Waals surface area (Å²) in [6.45, 7) is 17.5. The minimum atomic E-state index is -0.135. The second-order valence-electron chi connectivity index (χ2n) is 7.90. The zero-order valence-corrected chi connectivity index (χ0v) is 17.2. The summed E-state index contributed by atoms with van der Waals surface area (Å²) in [5, 5.41) is 10.6. The smallest absolute Gasteiger partial charge is 0.232 e. The summed E-state index contributed by atoms with van der Waals surface area (Å²) in [7, 11) is 1.76. The van der Waals surface area contributed by atoms with Crippen molar-refractivity contribution in [3.8, 4) is 0 Å². The first-order valence-electron chi connectivity index (χ1n) is 9.18. The quantitative estimate of drug-likeness (QED) is 0.425. The van der Waals surface area contributed by atoms with E-state index in [1.807, 2.05) is 0 Å². The molecule has 144 valence electrons. The normalized spacial score (nSPS) is 13.2. The zero-order valence-electron chi connectivity index (χ0n) is 17.2. The predicted octanol–water partition coefficient (Wildman–Crippen LogP) is 2.54. The lowest BCUT2D eigenvalue weighted by atomic mass is 9.97. The molecule has 0 bridgehead atoms. The van der Waals surface area contributed by atoms with Crippen molar-refractivity contribution in [2.45, 2.75) is 78.9 Å². The fourth-order valence-electron chi connectivity index (χ4n) is 2.59. The molecule has 1 aromatic rings. The maximum Gasteiger partial charge on any atom is 0.232 e. The van der Waals surface area contributed by atoms with Gasteiger partial charge in [-0.05, 0) is 34.1 Å². The molecule has 2 N–H and O–H groups in total. The lowest BCUT2D eigenvalue weighted by molar-refractivity contribution is 0.173. The van der Waals surface area contributed by atoms with E-state index in [1.165, 1.54) is 0 Å². The maximum atomic E-state index is 5.30. The fourth-order valence-corrected chi connectivity index (χ4v) is 2.59. The molecular weight excluding hydrogens is 316 g/mol. The van der Waals surface area contributed by atoms with Crippen molar-refractivity contribution in [2.75, 3.05) is 20.1 Å². The van der Waals surface area contributed by atoms with E-state index in [-0.39, 0.29) is 5.41 Å². The van der Waals surface area contributed by atoms with Crippen LogP contribution in [-0.2, 0) is 12.0 Å². The van der Waals surface area contributed by atoms with Crippen molar-refractivity contribution < 1.29 is 4.52 Å². The van der Waals surface area contributed by atoms with Gasteiger partial charge in [-0.25, -0.2) is 0 Å². The largest absolute Gasteiger partial charge is 0.356 e. The summed E-state index contributed by atoms with van der Waals surface area (Å²) in [5.41, 5.74) is -0.135. The minimum Gasteiger partial charge on any atom is -0.356 e.